The fourth-order valence-corrected chi connectivity index (χ4v) is 1.75. The maximum Gasteiger partial charge on any atom is 0.255 e. The van der Waals surface area contributed by atoms with Crippen LogP contribution in [-0.2, 0) is 0 Å². The molecule has 0 aliphatic heterocycles. The number of hydrogen-bond donors (Lipinski definition) is 2. The van der Waals surface area contributed by atoms with Crippen molar-refractivity contribution in [3.63, 3.8) is 0 Å². The lowest BCUT2D eigenvalue weighted by molar-refractivity contribution is 0.102. The number of amides is 1. The van der Waals surface area contributed by atoms with Gasteiger partial charge in [-0.05, 0) is 48.5 Å². The van der Waals surface area contributed by atoms with Crippen LogP contribution >= 0.6 is 11.6 Å². The molecule has 23 heavy (non-hydrogen) atoms. The number of nitrogens with one attached hydrogen (secondary N) is 2. The highest BCUT2D eigenvalue weighted by Crippen LogP contribution is 2.15. The van der Waals surface area contributed by atoms with Gasteiger partial charge in [-0.15, -0.1) is 0 Å². The summed E-state index contributed by atoms with van der Waals surface area (Å²) in [7, 11) is 0. The minimum Gasteiger partial charge on any atom is -0.322 e. The lowest BCUT2D eigenvalue weighted by Gasteiger charge is -2.06. The number of rotatable bonds is 4. The van der Waals surface area contributed by atoms with Crippen LogP contribution in [0.4, 0.5) is 11.4 Å². The van der Waals surface area contributed by atoms with Crippen molar-refractivity contribution in [2.75, 3.05) is 10.7 Å². The molecule has 0 fully saturated rings. The topological polar surface area (TPSA) is 101 Å². The molecule has 2 aromatic carbocycles. The van der Waals surface area contributed by atoms with E-state index in [-0.39, 0.29) is 11.6 Å². The third-order valence-corrected chi connectivity index (χ3v) is 3.01. The van der Waals surface area contributed by atoms with E-state index in [9.17, 15) is 4.79 Å². The van der Waals surface area contributed by atoms with Crippen molar-refractivity contribution in [2.45, 2.75) is 0 Å². The Morgan fingerprint density at radius 1 is 0.957 bits per heavy atom. The predicted octanol–water partition coefficient (Wildman–Crippen LogP) is 3.41. The summed E-state index contributed by atoms with van der Waals surface area (Å²) in [6.45, 7) is 0. The quantitative estimate of drug-likeness (QED) is 0.665. The first-order valence-electron chi connectivity index (χ1n) is 6.43. The van der Waals surface area contributed by atoms with E-state index in [1.54, 1.807) is 60.7 Å². The summed E-state index contributed by atoms with van der Waals surface area (Å²) in [5.74, 6) is -0.267. The fraction of sp³-hybridized carbons (Fsp3) is 0. The van der Waals surface area contributed by atoms with Crippen LogP contribution in [0, 0.1) is 22.7 Å². The first kappa shape index (κ1) is 16.0. The average Bonchev–Trinajstić information content (AvgIpc) is 2.58. The van der Waals surface area contributed by atoms with Crippen molar-refractivity contribution < 1.29 is 4.79 Å². The highest BCUT2D eigenvalue weighted by molar-refractivity contribution is 6.30. The zero-order valence-corrected chi connectivity index (χ0v) is 12.5. The van der Waals surface area contributed by atoms with E-state index >= 15 is 0 Å². The van der Waals surface area contributed by atoms with Crippen LogP contribution in [0.15, 0.2) is 53.6 Å². The number of nitrogens with zero attached hydrogens (tertiary/aromatic N) is 3. The van der Waals surface area contributed by atoms with E-state index in [4.69, 9.17) is 22.1 Å². The van der Waals surface area contributed by atoms with Crippen molar-refractivity contribution in [2.24, 2.45) is 5.10 Å². The lowest BCUT2D eigenvalue weighted by atomic mass is 10.2. The van der Waals surface area contributed by atoms with Crippen molar-refractivity contribution in [3.05, 3.63) is 59.1 Å². The Hall–Kier alpha value is -3.35. The minimum atomic E-state index is -0.283. The zero-order valence-electron chi connectivity index (χ0n) is 11.7. The molecule has 0 atom stereocenters. The number of anilines is 2. The first-order valence-corrected chi connectivity index (χ1v) is 6.81. The molecule has 2 aromatic rings. The van der Waals surface area contributed by atoms with E-state index in [1.165, 1.54) is 0 Å². The van der Waals surface area contributed by atoms with Crippen molar-refractivity contribution in [3.8, 4) is 12.1 Å². The predicted molar refractivity (Wildman–Crippen MR) is 88.1 cm³/mol. The summed E-state index contributed by atoms with van der Waals surface area (Å²) in [5.41, 5.74) is 3.93. The highest BCUT2D eigenvalue weighted by Gasteiger charge is 2.06. The highest BCUT2D eigenvalue weighted by atomic mass is 35.5. The van der Waals surface area contributed by atoms with E-state index in [2.05, 4.69) is 15.8 Å². The molecule has 0 unspecified atom stereocenters. The van der Waals surface area contributed by atoms with Crippen LogP contribution in [0.2, 0.25) is 5.02 Å². The third-order valence-electron chi connectivity index (χ3n) is 2.76. The molecule has 0 aliphatic rings. The number of hydrogen-bond acceptors (Lipinski definition) is 5. The number of hydrazone groups is 1. The summed E-state index contributed by atoms with van der Waals surface area (Å²) in [5, 5.41) is 24.1. The SMILES string of the molecule is N#CC(C#N)=NNc1ccc(C(=O)Nc2ccc(Cl)cc2)cc1. The Morgan fingerprint density at radius 3 is 2.09 bits per heavy atom. The molecule has 112 valence electrons. The van der Waals surface area contributed by atoms with Gasteiger partial charge in [-0.3, -0.25) is 10.2 Å². The molecule has 2 rings (SSSR count). The molecule has 0 saturated carbocycles. The number of halogens is 1. The second-order valence-corrected chi connectivity index (χ2v) is 4.77. The van der Waals surface area contributed by atoms with Gasteiger partial charge in [-0.25, -0.2) is 0 Å². The first-order chi connectivity index (χ1) is 11.1. The summed E-state index contributed by atoms with van der Waals surface area (Å²) in [4.78, 5) is 12.1. The molecule has 0 spiro atoms. The van der Waals surface area contributed by atoms with Gasteiger partial charge in [-0.1, -0.05) is 11.6 Å². The molecule has 0 saturated heterocycles. The van der Waals surface area contributed by atoms with Crippen molar-refractivity contribution >= 4 is 34.6 Å². The second kappa shape index (κ2) is 7.60. The Balaban J connectivity index is 2.03. The second-order valence-electron chi connectivity index (χ2n) is 4.33. The summed E-state index contributed by atoms with van der Waals surface area (Å²) >= 11 is 5.79. The van der Waals surface area contributed by atoms with Crippen molar-refractivity contribution in [1.82, 2.24) is 0 Å². The van der Waals surface area contributed by atoms with Crippen LogP contribution < -0.4 is 10.7 Å². The van der Waals surface area contributed by atoms with Gasteiger partial charge in [0, 0.05) is 16.3 Å². The van der Waals surface area contributed by atoms with Crippen molar-refractivity contribution in [1.29, 1.82) is 10.5 Å². The average molecular weight is 324 g/mol. The number of carbonyl (C=O) groups is 1. The molecular weight excluding hydrogens is 314 g/mol. The van der Waals surface area contributed by atoms with Gasteiger partial charge < -0.3 is 5.32 Å². The maximum absolute atomic E-state index is 12.1. The maximum atomic E-state index is 12.1. The Labute approximate surface area is 137 Å². The molecule has 7 heteroatoms. The van der Waals surface area contributed by atoms with Gasteiger partial charge in [0.25, 0.3) is 5.91 Å². The largest absolute Gasteiger partial charge is 0.322 e. The number of carbonyl (C=O) groups excluding carboxylic acids is 1. The molecule has 0 aliphatic carbocycles. The standard InChI is InChI=1S/C16H10ClN5O/c17-12-3-7-13(8-4-12)20-16(23)11-1-5-14(6-2-11)21-22-15(9-18)10-19/h1-8,21H,(H,20,23). The zero-order chi connectivity index (χ0) is 16.7. The Kier molecular flexibility index (Phi) is 5.30. The normalized spacial score (nSPS) is 9.17. The lowest BCUT2D eigenvalue weighted by Crippen LogP contribution is -2.11. The molecule has 0 bridgehead atoms. The molecule has 6 nitrogen and oxygen atoms in total. The molecule has 0 aromatic heterocycles. The van der Waals surface area contributed by atoms with Gasteiger partial charge in [0.15, 0.2) is 0 Å². The van der Waals surface area contributed by atoms with Crippen LogP contribution in [0.1, 0.15) is 10.4 Å². The third kappa shape index (κ3) is 4.57. The van der Waals surface area contributed by atoms with Crippen LogP contribution in [0.3, 0.4) is 0 Å². The van der Waals surface area contributed by atoms with Crippen LogP contribution in [-0.4, -0.2) is 11.6 Å². The molecule has 0 heterocycles. The Bertz CT molecular complexity index is 798. The van der Waals surface area contributed by atoms with Gasteiger partial charge >= 0.3 is 0 Å². The van der Waals surface area contributed by atoms with E-state index in [0.717, 1.165) is 0 Å². The Morgan fingerprint density at radius 2 is 1.52 bits per heavy atom. The van der Waals surface area contributed by atoms with Gasteiger partial charge in [-0.2, -0.15) is 15.6 Å². The molecular formula is C16H10ClN5O. The molecule has 0 radical (unpaired) electrons. The summed E-state index contributed by atoms with van der Waals surface area (Å²) in [6, 6.07) is 16.5. The van der Waals surface area contributed by atoms with Gasteiger partial charge in [0.05, 0.1) is 5.69 Å². The van der Waals surface area contributed by atoms with E-state index in [0.29, 0.717) is 22.0 Å². The molecule has 1 amide bonds. The molecule has 2 N–H and O–H groups in total. The summed E-state index contributed by atoms with van der Waals surface area (Å²) in [6.07, 6.45) is 0. The fourth-order valence-electron chi connectivity index (χ4n) is 1.63. The van der Waals surface area contributed by atoms with Crippen LogP contribution in [0.25, 0.3) is 0 Å². The summed E-state index contributed by atoms with van der Waals surface area (Å²) < 4.78 is 0. The van der Waals surface area contributed by atoms with E-state index in [1.807, 2.05) is 0 Å². The monoisotopic (exact) mass is 323 g/mol. The van der Waals surface area contributed by atoms with E-state index < -0.39 is 0 Å². The number of nitriles is 2. The van der Waals surface area contributed by atoms with Gasteiger partial charge in [0.1, 0.15) is 12.1 Å². The minimum absolute atomic E-state index is 0.267. The van der Waals surface area contributed by atoms with Gasteiger partial charge in [0.2, 0.25) is 5.71 Å². The smallest absolute Gasteiger partial charge is 0.255 e. The van der Waals surface area contributed by atoms with Crippen LogP contribution in [0.5, 0.6) is 0 Å². The number of benzene rings is 2.